The van der Waals surface area contributed by atoms with Crippen LogP contribution in [0, 0.1) is 0 Å². The first-order valence-electron chi connectivity index (χ1n) is 3.45. The molecule has 0 atom stereocenters. The molecule has 0 rings (SSSR count). The summed E-state index contributed by atoms with van der Waals surface area (Å²) in [6.45, 7) is 0. The molecule has 0 aliphatic heterocycles. The van der Waals surface area contributed by atoms with Gasteiger partial charge in [0.1, 0.15) is 0 Å². The zero-order valence-electron chi connectivity index (χ0n) is 8.99. The summed E-state index contributed by atoms with van der Waals surface area (Å²) >= 11 is 0. The van der Waals surface area contributed by atoms with Crippen molar-refractivity contribution in [3.05, 3.63) is 24.3 Å². The number of carbonyl (C=O) groups excluding carboxylic acids is 4. The van der Waals surface area contributed by atoms with E-state index < -0.39 is 23.9 Å². The van der Waals surface area contributed by atoms with Crippen LogP contribution in [0.4, 0.5) is 0 Å². The smallest absolute Gasteiger partial charge is 0.545 e. The molecule has 0 heterocycles. The molecule has 0 aliphatic rings. The van der Waals surface area contributed by atoms with Crippen LogP contribution in [0.2, 0.25) is 0 Å². The van der Waals surface area contributed by atoms with E-state index in [2.05, 4.69) is 0 Å². The fourth-order valence-electron chi connectivity index (χ4n) is 0.272. The van der Waals surface area contributed by atoms with E-state index in [9.17, 15) is 39.6 Å². The molecule has 0 radical (unpaired) electrons. The monoisotopic (exact) mass is 308 g/mol. The molecule has 88 valence electrons. The molecule has 0 amide bonds. The first kappa shape index (κ1) is 26.4. The molecule has 10 heteroatoms. The first-order valence-corrected chi connectivity index (χ1v) is 3.45. The van der Waals surface area contributed by atoms with E-state index in [1.165, 1.54) is 0 Å². The standard InChI is InChI=1S/2C4H4O4.2Ca/c2*5-3(6)1-2-4(7)8;;/h2*1-2H,(H,5,6)(H,7,8);;/q;;2*+2/p-4. The van der Waals surface area contributed by atoms with Gasteiger partial charge in [-0.3, -0.25) is 0 Å². The maximum absolute atomic E-state index is 9.41. The van der Waals surface area contributed by atoms with Crippen molar-refractivity contribution in [3.8, 4) is 0 Å². The van der Waals surface area contributed by atoms with Crippen molar-refractivity contribution in [2.45, 2.75) is 0 Å². The van der Waals surface area contributed by atoms with Gasteiger partial charge in [0.05, 0.1) is 23.9 Å². The molecule has 8 nitrogen and oxygen atoms in total. The largest absolute Gasteiger partial charge is 2.00 e. The van der Waals surface area contributed by atoms with Gasteiger partial charge in [-0.1, -0.05) is 0 Å². The Morgan fingerprint density at radius 2 is 0.611 bits per heavy atom. The van der Waals surface area contributed by atoms with Crippen molar-refractivity contribution >= 4 is 99.4 Å². The Balaban J connectivity index is -0.0000000980. The maximum Gasteiger partial charge on any atom is 2.00 e. The molecule has 0 aromatic rings. The molecule has 0 spiro atoms. The van der Waals surface area contributed by atoms with Crippen molar-refractivity contribution in [3.63, 3.8) is 0 Å². The molecule has 0 N–H and O–H groups in total. The van der Waals surface area contributed by atoms with Crippen molar-refractivity contribution in [1.29, 1.82) is 0 Å². The number of aliphatic carboxylic acids is 4. The first-order chi connectivity index (χ1) is 7.25. The third kappa shape index (κ3) is 36.0. The molecule has 0 unspecified atom stereocenters. The Bertz CT molecular complexity index is 281. The summed E-state index contributed by atoms with van der Waals surface area (Å²) in [5.74, 6) is -6.19. The predicted octanol–water partition coefficient (Wildman–Crippen LogP) is -6.68. The number of hydrogen-bond acceptors (Lipinski definition) is 8. The summed E-state index contributed by atoms with van der Waals surface area (Å²) in [6.07, 6.45) is 1.54. The SMILES string of the molecule is O=C([O-])C=CC(=O)[O-].O=C([O-])C=CC(=O)[O-].[Ca+2].[Ca+2]. The Kier molecular flexibility index (Phi) is 24.8. The van der Waals surface area contributed by atoms with Crippen molar-refractivity contribution in [2.75, 3.05) is 0 Å². The minimum Gasteiger partial charge on any atom is -0.545 e. The van der Waals surface area contributed by atoms with Gasteiger partial charge >= 0.3 is 75.5 Å². The van der Waals surface area contributed by atoms with E-state index in [1.807, 2.05) is 0 Å². The molecule has 18 heavy (non-hydrogen) atoms. The van der Waals surface area contributed by atoms with Crippen molar-refractivity contribution in [1.82, 2.24) is 0 Å². The fourth-order valence-corrected chi connectivity index (χ4v) is 0.272. The van der Waals surface area contributed by atoms with Gasteiger partial charge in [-0.2, -0.15) is 0 Å². The number of carboxylic acid groups (broad SMARTS) is 4. The van der Waals surface area contributed by atoms with Gasteiger partial charge in [-0.25, -0.2) is 0 Å². The Morgan fingerprint density at radius 3 is 0.667 bits per heavy atom. The summed E-state index contributed by atoms with van der Waals surface area (Å²) in [7, 11) is 0. The topological polar surface area (TPSA) is 161 Å². The third-order valence-corrected chi connectivity index (χ3v) is 0.711. The van der Waals surface area contributed by atoms with Crippen LogP contribution in [0.3, 0.4) is 0 Å². The second kappa shape index (κ2) is 16.9. The Labute approximate surface area is 161 Å². The molecule has 0 aromatic carbocycles. The molecule has 0 aromatic heterocycles. The predicted molar refractivity (Wildman–Crippen MR) is 49.8 cm³/mol. The average Bonchev–Trinajstić information content (AvgIpc) is 2.12. The van der Waals surface area contributed by atoms with Crippen LogP contribution in [0.15, 0.2) is 24.3 Å². The van der Waals surface area contributed by atoms with Gasteiger partial charge in [0.25, 0.3) is 0 Å². The van der Waals surface area contributed by atoms with Crippen LogP contribution >= 0.6 is 0 Å². The van der Waals surface area contributed by atoms with Crippen LogP contribution < -0.4 is 20.4 Å². The molecular weight excluding hydrogens is 304 g/mol. The van der Waals surface area contributed by atoms with Gasteiger partial charge in [-0.15, -0.1) is 0 Å². The molecule has 0 saturated heterocycles. The van der Waals surface area contributed by atoms with E-state index in [0.29, 0.717) is 24.3 Å². The third-order valence-electron chi connectivity index (χ3n) is 0.711. The van der Waals surface area contributed by atoms with Crippen molar-refractivity contribution < 1.29 is 39.6 Å². The normalized spacial score (nSPS) is 8.44. The van der Waals surface area contributed by atoms with Gasteiger partial charge < -0.3 is 39.6 Å². The molecule has 0 fully saturated rings. The summed E-state index contributed by atoms with van der Waals surface area (Å²) in [5, 5.41) is 37.7. The van der Waals surface area contributed by atoms with Gasteiger partial charge in [-0.05, 0) is 24.3 Å². The van der Waals surface area contributed by atoms with E-state index in [4.69, 9.17) is 0 Å². The van der Waals surface area contributed by atoms with Crippen LogP contribution in [-0.2, 0) is 19.2 Å². The minimum absolute atomic E-state index is 0. The minimum atomic E-state index is -1.55. The van der Waals surface area contributed by atoms with Crippen LogP contribution in [0.1, 0.15) is 0 Å². The molecular formula is C8H4Ca2O8. The van der Waals surface area contributed by atoms with Crippen molar-refractivity contribution in [2.24, 2.45) is 0 Å². The molecule has 0 aliphatic carbocycles. The Morgan fingerprint density at radius 1 is 0.500 bits per heavy atom. The summed E-state index contributed by atoms with van der Waals surface area (Å²) in [5.41, 5.74) is 0. The van der Waals surface area contributed by atoms with Crippen LogP contribution in [0.25, 0.3) is 0 Å². The zero-order chi connectivity index (χ0) is 13.1. The van der Waals surface area contributed by atoms with Gasteiger partial charge in [0, 0.05) is 0 Å². The van der Waals surface area contributed by atoms with E-state index in [-0.39, 0.29) is 75.5 Å². The zero-order valence-corrected chi connectivity index (χ0v) is 13.4. The number of carboxylic acids is 4. The summed E-state index contributed by atoms with van der Waals surface area (Å²) in [4.78, 5) is 37.7. The molecule has 0 bridgehead atoms. The number of hydrogen-bond donors (Lipinski definition) is 0. The van der Waals surface area contributed by atoms with Crippen LogP contribution in [-0.4, -0.2) is 99.4 Å². The fraction of sp³-hybridized carbons (Fsp3) is 0. The summed E-state index contributed by atoms with van der Waals surface area (Å²) in [6, 6.07) is 0. The Hall–Kier alpha value is -0.121. The second-order valence-electron chi connectivity index (χ2n) is 1.94. The number of carbonyl (C=O) groups is 4. The van der Waals surface area contributed by atoms with Crippen LogP contribution in [0.5, 0.6) is 0 Å². The van der Waals surface area contributed by atoms with E-state index in [1.54, 1.807) is 0 Å². The average molecular weight is 308 g/mol. The quantitative estimate of drug-likeness (QED) is 0.365. The maximum atomic E-state index is 9.41. The van der Waals surface area contributed by atoms with E-state index >= 15 is 0 Å². The molecule has 0 saturated carbocycles. The van der Waals surface area contributed by atoms with E-state index in [0.717, 1.165) is 0 Å². The van der Waals surface area contributed by atoms with Gasteiger partial charge in [0.2, 0.25) is 0 Å². The second-order valence-corrected chi connectivity index (χ2v) is 1.94. The van der Waals surface area contributed by atoms with Gasteiger partial charge in [0.15, 0.2) is 0 Å². The summed E-state index contributed by atoms with van der Waals surface area (Å²) < 4.78 is 0. The number of rotatable bonds is 4.